The van der Waals surface area contributed by atoms with Crippen molar-refractivity contribution in [2.75, 3.05) is 20.2 Å². The number of methoxy groups -OCH3 is 1. The number of hydrogen-bond acceptors (Lipinski definition) is 3. The summed E-state index contributed by atoms with van der Waals surface area (Å²) in [5.41, 5.74) is 0. The van der Waals surface area contributed by atoms with E-state index in [1.54, 1.807) is 0 Å². The third-order valence-corrected chi connectivity index (χ3v) is 2.24. The summed E-state index contributed by atoms with van der Waals surface area (Å²) in [5.74, 6) is -1.66. The van der Waals surface area contributed by atoms with Gasteiger partial charge in [-0.25, -0.2) is 8.78 Å². The molecule has 1 aromatic carbocycles. The van der Waals surface area contributed by atoms with Crippen molar-refractivity contribution in [1.82, 2.24) is 5.32 Å². The van der Waals surface area contributed by atoms with E-state index >= 15 is 0 Å². The summed E-state index contributed by atoms with van der Waals surface area (Å²) in [6, 6.07) is 2.20. The molecule has 1 N–H and O–H groups in total. The molecule has 1 saturated heterocycles. The predicted octanol–water partition coefficient (Wildman–Crippen LogP) is 1.32. The lowest BCUT2D eigenvalue weighted by molar-refractivity contribution is 0.130. The van der Waals surface area contributed by atoms with Crippen LogP contribution < -0.4 is 14.8 Å². The third-order valence-electron chi connectivity index (χ3n) is 2.24. The Balaban J connectivity index is 2.21. The molecule has 1 aromatic rings. The molecule has 0 atom stereocenters. The van der Waals surface area contributed by atoms with Crippen LogP contribution in [0, 0.1) is 11.6 Å². The van der Waals surface area contributed by atoms with Crippen molar-refractivity contribution >= 4 is 0 Å². The molecule has 0 spiro atoms. The van der Waals surface area contributed by atoms with Crippen molar-refractivity contribution in [3.05, 3.63) is 23.8 Å². The van der Waals surface area contributed by atoms with Crippen molar-refractivity contribution in [1.29, 1.82) is 0 Å². The van der Waals surface area contributed by atoms with Crippen LogP contribution in [0.4, 0.5) is 8.78 Å². The SMILES string of the molecule is COc1cc(F)c(OC2CNC2)c(F)c1. The van der Waals surface area contributed by atoms with E-state index in [0.717, 1.165) is 12.1 Å². The molecule has 5 heteroatoms. The molecule has 1 aliphatic rings. The van der Waals surface area contributed by atoms with Crippen molar-refractivity contribution in [2.45, 2.75) is 6.10 Å². The van der Waals surface area contributed by atoms with E-state index in [1.807, 2.05) is 0 Å². The van der Waals surface area contributed by atoms with Gasteiger partial charge in [-0.05, 0) is 0 Å². The Morgan fingerprint density at radius 2 is 1.87 bits per heavy atom. The maximum atomic E-state index is 13.4. The summed E-state index contributed by atoms with van der Waals surface area (Å²) in [5, 5.41) is 2.95. The molecular weight excluding hydrogens is 204 g/mol. The Bertz CT molecular complexity index is 343. The molecule has 82 valence electrons. The topological polar surface area (TPSA) is 30.5 Å². The highest BCUT2D eigenvalue weighted by atomic mass is 19.1. The highest BCUT2D eigenvalue weighted by Crippen LogP contribution is 2.27. The minimum Gasteiger partial charge on any atom is -0.497 e. The van der Waals surface area contributed by atoms with Crippen LogP contribution in [0.2, 0.25) is 0 Å². The summed E-state index contributed by atoms with van der Waals surface area (Å²) < 4.78 is 36.6. The van der Waals surface area contributed by atoms with Crippen LogP contribution in [-0.2, 0) is 0 Å². The number of hydrogen-bond donors (Lipinski definition) is 1. The first-order chi connectivity index (χ1) is 7.20. The number of halogens is 2. The standard InChI is InChI=1S/C10H11F2NO2/c1-14-6-2-8(11)10(9(12)3-6)15-7-4-13-5-7/h2-3,7,13H,4-5H2,1H3. The van der Waals surface area contributed by atoms with Crippen molar-refractivity contribution in [3.63, 3.8) is 0 Å². The molecule has 1 aliphatic heterocycles. The van der Waals surface area contributed by atoms with E-state index in [4.69, 9.17) is 9.47 Å². The van der Waals surface area contributed by atoms with E-state index in [1.165, 1.54) is 7.11 Å². The molecule has 1 heterocycles. The minimum atomic E-state index is -0.737. The maximum absolute atomic E-state index is 13.4. The van der Waals surface area contributed by atoms with Gasteiger partial charge in [-0.2, -0.15) is 0 Å². The second-order valence-electron chi connectivity index (χ2n) is 3.32. The fraction of sp³-hybridized carbons (Fsp3) is 0.400. The summed E-state index contributed by atoms with van der Waals surface area (Å²) in [6.45, 7) is 1.23. The van der Waals surface area contributed by atoms with Crippen LogP contribution in [-0.4, -0.2) is 26.3 Å². The second kappa shape index (κ2) is 4.02. The fourth-order valence-corrected chi connectivity index (χ4v) is 1.28. The number of benzene rings is 1. The molecule has 0 unspecified atom stereocenters. The van der Waals surface area contributed by atoms with E-state index in [0.29, 0.717) is 13.1 Å². The Labute approximate surface area is 86.0 Å². The first kappa shape index (κ1) is 10.2. The van der Waals surface area contributed by atoms with Gasteiger partial charge in [0.1, 0.15) is 11.9 Å². The zero-order chi connectivity index (χ0) is 10.8. The quantitative estimate of drug-likeness (QED) is 0.825. The molecule has 0 amide bonds. The molecule has 15 heavy (non-hydrogen) atoms. The Morgan fingerprint density at radius 3 is 2.27 bits per heavy atom. The van der Waals surface area contributed by atoms with Crippen molar-refractivity contribution in [2.24, 2.45) is 0 Å². The van der Waals surface area contributed by atoms with Gasteiger partial charge in [0, 0.05) is 25.2 Å². The van der Waals surface area contributed by atoms with E-state index < -0.39 is 11.6 Å². The second-order valence-corrected chi connectivity index (χ2v) is 3.32. The van der Waals surface area contributed by atoms with Crippen LogP contribution in [0.1, 0.15) is 0 Å². The molecule has 0 saturated carbocycles. The fourth-order valence-electron chi connectivity index (χ4n) is 1.28. The van der Waals surface area contributed by atoms with Gasteiger partial charge in [0.05, 0.1) is 7.11 Å². The molecule has 0 bridgehead atoms. The number of nitrogens with one attached hydrogen (secondary N) is 1. The van der Waals surface area contributed by atoms with Gasteiger partial charge in [0.25, 0.3) is 0 Å². The van der Waals surface area contributed by atoms with Crippen LogP contribution in [0.25, 0.3) is 0 Å². The predicted molar refractivity (Wildman–Crippen MR) is 50.2 cm³/mol. The first-order valence-corrected chi connectivity index (χ1v) is 4.61. The zero-order valence-corrected chi connectivity index (χ0v) is 8.22. The average Bonchev–Trinajstić information content (AvgIpc) is 2.13. The van der Waals surface area contributed by atoms with Gasteiger partial charge in [-0.1, -0.05) is 0 Å². The average molecular weight is 215 g/mol. The molecular formula is C10H11F2NO2. The van der Waals surface area contributed by atoms with Crippen LogP contribution in [0.5, 0.6) is 11.5 Å². The zero-order valence-electron chi connectivity index (χ0n) is 8.22. The molecule has 0 radical (unpaired) electrons. The molecule has 2 rings (SSSR count). The van der Waals surface area contributed by atoms with Crippen molar-refractivity contribution in [3.8, 4) is 11.5 Å². The summed E-state index contributed by atoms with van der Waals surface area (Å²) >= 11 is 0. The monoisotopic (exact) mass is 215 g/mol. The largest absolute Gasteiger partial charge is 0.497 e. The normalized spacial score (nSPS) is 15.9. The van der Waals surface area contributed by atoms with Gasteiger partial charge < -0.3 is 14.8 Å². The first-order valence-electron chi connectivity index (χ1n) is 4.61. The molecule has 1 fully saturated rings. The van der Waals surface area contributed by atoms with Gasteiger partial charge >= 0.3 is 0 Å². The lowest BCUT2D eigenvalue weighted by atomic mass is 10.2. The van der Waals surface area contributed by atoms with E-state index in [-0.39, 0.29) is 17.6 Å². The summed E-state index contributed by atoms with van der Waals surface area (Å²) in [7, 11) is 1.35. The molecule has 0 aliphatic carbocycles. The van der Waals surface area contributed by atoms with E-state index in [9.17, 15) is 8.78 Å². The number of rotatable bonds is 3. The smallest absolute Gasteiger partial charge is 0.191 e. The highest BCUT2D eigenvalue weighted by Gasteiger charge is 2.22. The lowest BCUT2D eigenvalue weighted by Crippen LogP contribution is -2.50. The third kappa shape index (κ3) is 2.02. The molecule has 0 aromatic heterocycles. The Hall–Kier alpha value is -1.36. The molecule has 3 nitrogen and oxygen atoms in total. The summed E-state index contributed by atoms with van der Waals surface area (Å²) in [4.78, 5) is 0. The maximum Gasteiger partial charge on any atom is 0.191 e. The van der Waals surface area contributed by atoms with Gasteiger partial charge in [0.2, 0.25) is 0 Å². The van der Waals surface area contributed by atoms with Crippen LogP contribution in [0.15, 0.2) is 12.1 Å². The van der Waals surface area contributed by atoms with Crippen LogP contribution >= 0.6 is 0 Å². The van der Waals surface area contributed by atoms with Crippen LogP contribution in [0.3, 0.4) is 0 Å². The number of ether oxygens (including phenoxy) is 2. The van der Waals surface area contributed by atoms with Crippen molar-refractivity contribution < 1.29 is 18.3 Å². The minimum absolute atomic E-state index is 0.143. The summed E-state index contributed by atoms with van der Waals surface area (Å²) in [6.07, 6.45) is -0.151. The lowest BCUT2D eigenvalue weighted by Gasteiger charge is -2.28. The van der Waals surface area contributed by atoms with E-state index in [2.05, 4.69) is 5.32 Å². The van der Waals surface area contributed by atoms with Gasteiger partial charge in [-0.3, -0.25) is 0 Å². The highest BCUT2D eigenvalue weighted by molar-refractivity contribution is 5.35. The Morgan fingerprint density at radius 1 is 1.27 bits per heavy atom. The Kier molecular flexibility index (Phi) is 2.73. The van der Waals surface area contributed by atoms with Gasteiger partial charge in [-0.15, -0.1) is 0 Å². The van der Waals surface area contributed by atoms with Gasteiger partial charge in [0.15, 0.2) is 17.4 Å².